The number of aryl methyl sites for hydroxylation is 1. The van der Waals surface area contributed by atoms with Gasteiger partial charge in [0.1, 0.15) is 17.3 Å². The Labute approximate surface area is 87.2 Å². The van der Waals surface area contributed by atoms with Crippen molar-refractivity contribution in [3.05, 3.63) is 23.8 Å². The van der Waals surface area contributed by atoms with Gasteiger partial charge in [0.15, 0.2) is 4.90 Å². The van der Waals surface area contributed by atoms with Gasteiger partial charge in [-0.1, -0.05) is 0 Å². The Kier molecular flexibility index (Phi) is 2.99. The van der Waals surface area contributed by atoms with Crippen LogP contribution in [-0.2, 0) is 15.6 Å². The first-order valence-corrected chi connectivity index (χ1v) is 6.38. The third-order valence-corrected chi connectivity index (χ3v) is 4.82. The molecule has 1 aromatic rings. The second kappa shape index (κ2) is 4.24. The number of ether oxygens (including phenoxy) is 1. The van der Waals surface area contributed by atoms with E-state index in [1.54, 1.807) is 6.07 Å². The van der Waals surface area contributed by atoms with Crippen molar-refractivity contribution in [1.29, 1.82) is 0 Å². The minimum atomic E-state index is 0.336. The van der Waals surface area contributed by atoms with Crippen molar-refractivity contribution in [3.63, 3.8) is 0 Å². The minimum Gasteiger partial charge on any atom is -0.508 e. The van der Waals surface area contributed by atoms with Crippen molar-refractivity contribution in [2.45, 2.75) is 11.8 Å². The summed E-state index contributed by atoms with van der Waals surface area (Å²) in [5, 5.41) is 9.31. The molecule has 1 heterocycles. The molecule has 0 radical (unpaired) electrons. The molecule has 14 heavy (non-hydrogen) atoms. The van der Waals surface area contributed by atoms with Gasteiger partial charge in [-0.2, -0.15) is 0 Å². The van der Waals surface area contributed by atoms with Gasteiger partial charge < -0.3 is 9.84 Å². The largest absolute Gasteiger partial charge is 0.508 e. The Hall–Kier alpha value is -0.670. The summed E-state index contributed by atoms with van der Waals surface area (Å²) in [6.07, 6.45) is 0. The van der Waals surface area contributed by atoms with Gasteiger partial charge in [-0.05, 0) is 25.1 Å². The monoisotopic (exact) mass is 211 g/mol. The lowest BCUT2D eigenvalue weighted by Gasteiger charge is -2.15. The van der Waals surface area contributed by atoms with Gasteiger partial charge in [0.2, 0.25) is 0 Å². The molecule has 0 atom stereocenters. The van der Waals surface area contributed by atoms with Crippen LogP contribution in [0.2, 0.25) is 0 Å². The lowest BCUT2D eigenvalue weighted by atomic mass is 10.2. The fourth-order valence-electron chi connectivity index (χ4n) is 1.70. The van der Waals surface area contributed by atoms with E-state index in [4.69, 9.17) is 4.74 Å². The predicted molar refractivity (Wildman–Crippen MR) is 59.0 cm³/mol. The van der Waals surface area contributed by atoms with Crippen LogP contribution >= 0.6 is 0 Å². The molecule has 0 amide bonds. The molecule has 1 aliphatic heterocycles. The molecule has 1 saturated heterocycles. The van der Waals surface area contributed by atoms with E-state index < -0.39 is 0 Å². The lowest BCUT2D eigenvalue weighted by molar-refractivity contribution is 0.159. The normalized spacial score (nSPS) is 18.4. The summed E-state index contributed by atoms with van der Waals surface area (Å²) in [4.78, 5) is 1.39. The Morgan fingerprint density at radius 2 is 2.00 bits per heavy atom. The highest BCUT2D eigenvalue weighted by Gasteiger charge is 2.26. The van der Waals surface area contributed by atoms with Crippen LogP contribution in [0.5, 0.6) is 5.75 Å². The average molecular weight is 211 g/mol. The van der Waals surface area contributed by atoms with Gasteiger partial charge in [-0.15, -0.1) is 0 Å². The van der Waals surface area contributed by atoms with Crippen molar-refractivity contribution >= 4 is 10.9 Å². The van der Waals surface area contributed by atoms with Gasteiger partial charge in [-0.25, -0.2) is 0 Å². The zero-order valence-electron chi connectivity index (χ0n) is 8.32. The van der Waals surface area contributed by atoms with Crippen LogP contribution < -0.4 is 0 Å². The SMILES string of the molecule is Cc1cc(O)ccc1[S+]1CCOCC1. The first-order chi connectivity index (χ1) is 6.77. The molecule has 1 fully saturated rings. The molecule has 0 aromatic heterocycles. The summed E-state index contributed by atoms with van der Waals surface area (Å²) in [5.74, 6) is 2.63. The first-order valence-electron chi connectivity index (χ1n) is 4.82. The predicted octanol–water partition coefficient (Wildman–Crippen LogP) is 1.71. The van der Waals surface area contributed by atoms with E-state index in [1.807, 2.05) is 6.07 Å². The molecular formula is C11H15O2S+. The van der Waals surface area contributed by atoms with Crippen LogP contribution in [0.3, 0.4) is 0 Å². The molecule has 76 valence electrons. The highest BCUT2D eigenvalue weighted by atomic mass is 32.2. The number of aromatic hydroxyl groups is 1. The molecule has 0 spiro atoms. The van der Waals surface area contributed by atoms with E-state index in [-0.39, 0.29) is 0 Å². The van der Waals surface area contributed by atoms with Crippen LogP contribution in [0.4, 0.5) is 0 Å². The van der Waals surface area contributed by atoms with Gasteiger partial charge in [0, 0.05) is 16.5 Å². The second-order valence-electron chi connectivity index (χ2n) is 3.46. The maximum atomic E-state index is 9.31. The zero-order valence-corrected chi connectivity index (χ0v) is 9.14. The quantitative estimate of drug-likeness (QED) is 0.717. The van der Waals surface area contributed by atoms with Crippen LogP contribution in [0.25, 0.3) is 0 Å². The molecule has 2 nitrogen and oxygen atoms in total. The summed E-state index contributed by atoms with van der Waals surface area (Å²) >= 11 is 0. The minimum absolute atomic E-state index is 0.336. The molecule has 0 bridgehead atoms. The van der Waals surface area contributed by atoms with Crippen molar-refractivity contribution in [2.75, 3.05) is 24.7 Å². The fraction of sp³-hybridized carbons (Fsp3) is 0.455. The van der Waals surface area contributed by atoms with Gasteiger partial charge in [0.05, 0.1) is 13.2 Å². The molecule has 1 N–H and O–H groups in total. The van der Waals surface area contributed by atoms with Gasteiger partial charge in [0.25, 0.3) is 0 Å². The van der Waals surface area contributed by atoms with Gasteiger partial charge >= 0.3 is 0 Å². The van der Waals surface area contributed by atoms with Crippen molar-refractivity contribution in [2.24, 2.45) is 0 Å². The number of hydrogen-bond acceptors (Lipinski definition) is 2. The maximum absolute atomic E-state index is 9.31. The highest BCUT2D eigenvalue weighted by molar-refractivity contribution is 7.97. The van der Waals surface area contributed by atoms with Crippen molar-refractivity contribution in [1.82, 2.24) is 0 Å². The van der Waals surface area contributed by atoms with Crippen LogP contribution in [0.1, 0.15) is 5.56 Å². The molecule has 1 aromatic carbocycles. The third kappa shape index (κ3) is 2.04. The van der Waals surface area contributed by atoms with Crippen LogP contribution in [0.15, 0.2) is 23.1 Å². The summed E-state index contributed by atoms with van der Waals surface area (Å²) in [6, 6.07) is 5.68. The van der Waals surface area contributed by atoms with E-state index in [9.17, 15) is 5.11 Å². The van der Waals surface area contributed by atoms with E-state index >= 15 is 0 Å². The smallest absolute Gasteiger partial charge is 0.158 e. The molecule has 1 aliphatic rings. The maximum Gasteiger partial charge on any atom is 0.158 e. The van der Waals surface area contributed by atoms with Crippen LogP contribution in [-0.4, -0.2) is 29.8 Å². The number of phenolic OH excluding ortho intramolecular Hbond substituents is 1. The molecule has 0 saturated carbocycles. The fourth-order valence-corrected chi connectivity index (χ4v) is 3.76. The number of rotatable bonds is 1. The van der Waals surface area contributed by atoms with Gasteiger partial charge in [-0.3, -0.25) is 0 Å². The molecule has 0 unspecified atom stereocenters. The highest BCUT2D eigenvalue weighted by Crippen LogP contribution is 2.24. The lowest BCUT2D eigenvalue weighted by Crippen LogP contribution is -2.26. The molecular weight excluding hydrogens is 196 g/mol. The summed E-state index contributed by atoms with van der Waals surface area (Å²) in [6.45, 7) is 3.82. The standard InChI is InChI=1S/C11H14O2S/c1-9-8-10(12)2-3-11(9)14-6-4-13-5-7-14/h2-3,8H,4-7H2,1H3/p+1. The topological polar surface area (TPSA) is 29.5 Å². The number of benzene rings is 1. The van der Waals surface area contributed by atoms with E-state index in [0.29, 0.717) is 16.6 Å². The Morgan fingerprint density at radius 1 is 1.29 bits per heavy atom. The molecule has 2 rings (SSSR count). The van der Waals surface area contributed by atoms with Crippen molar-refractivity contribution in [3.8, 4) is 5.75 Å². The summed E-state index contributed by atoms with van der Waals surface area (Å²) in [7, 11) is 0.336. The summed E-state index contributed by atoms with van der Waals surface area (Å²) in [5.41, 5.74) is 1.20. The van der Waals surface area contributed by atoms with E-state index in [1.165, 1.54) is 10.5 Å². The average Bonchev–Trinajstić information content (AvgIpc) is 2.19. The van der Waals surface area contributed by atoms with E-state index in [0.717, 1.165) is 24.7 Å². The number of phenols is 1. The Bertz CT molecular complexity index is 319. The Balaban J connectivity index is 2.22. The molecule has 0 aliphatic carbocycles. The Morgan fingerprint density at radius 3 is 2.64 bits per heavy atom. The molecule has 3 heteroatoms. The second-order valence-corrected chi connectivity index (χ2v) is 5.71. The van der Waals surface area contributed by atoms with Crippen LogP contribution in [0, 0.1) is 6.92 Å². The third-order valence-electron chi connectivity index (χ3n) is 2.42. The summed E-state index contributed by atoms with van der Waals surface area (Å²) < 4.78 is 5.34. The zero-order chi connectivity index (χ0) is 9.97. The van der Waals surface area contributed by atoms with Crippen molar-refractivity contribution < 1.29 is 9.84 Å². The number of hydrogen-bond donors (Lipinski definition) is 1. The first kappa shape index (κ1) is 9.87. The van der Waals surface area contributed by atoms with E-state index in [2.05, 4.69) is 13.0 Å².